The van der Waals surface area contributed by atoms with Crippen molar-refractivity contribution in [1.82, 2.24) is 0 Å². The van der Waals surface area contributed by atoms with Crippen LogP contribution in [0.1, 0.15) is 24.5 Å². The van der Waals surface area contributed by atoms with Crippen molar-refractivity contribution in [3.63, 3.8) is 0 Å². The fourth-order valence-corrected chi connectivity index (χ4v) is 1.42. The second-order valence-corrected chi connectivity index (χ2v) is 3.77. The number of rotatable bonds is 3. The lowest BCUT2D eigenvalue weighted by atomic mass is 10.1. The van der Waals surface area contributed by atoms with Crippen LogP contribution in [0.5, 0.6) is 5.75 Å². The highest BCUT2D eigenvalue weighted by molar-refractivity contribution is 6.32. The third-order valence-corrected chi connectivity index (χ3v) is 2.74. The maximum absolute atomic E-state index is 6.05. The average molecular weight is 214 g/mol. The minimum atomic E-state index is 0.647. The number of ether oxygens (including phenoxy) is 1. The summed E-state index contributed by atoms with van der Waals surface area (Å²) in [6, 6.07) is 1.89. The molecule has 1 aromatic rings. The van der Waals surface area contributed by atoms with Crippen molar-refractivity contribution in [1.29, 1.82) is 0 Å². The molecule has 1 rings (SSSR count). The molecule has 1 aromatic carbocycles. The Morgan fingerprint density at radius 1 is 1.43 bits per heavy atom. The number of benzene rings is 1. The molecule has 0 spiro atoms. The van der Waals surface area contributed by atoms with Crippen LogP contribution >= 0.6 is 11.6 Å². The van der Waals surface area contributed by atoms with Crippen molar-refractivity contribution in [3.8, 4) is 5.75 Å². The van der Waals surface area contributed by atoms with Gasteiger partial charge in [0.25, 0.3) is 0 Å². The first-order valence-electron chi connectivity index (χ1n) is 4.75. The van der Waals surface area contributed by atoms with E-state index >= 15 is 0 Å². The zero-order valence-electron chi connectivity index (χ0n) is 8.86. The van der Waals surface area contributed by atoms with Crippen LogP contribution in [-0.4, -0.2) is 6.61 Å². The molecule has 0 amide bonds. The summed E-state index contributed by atoms with van der Waals surface area (Å²) in [5.41, 5.74) is 8.44. The molecule has 0 aromatic heterocycles. The molecule has 0 bridgehead atoms. The largest absolute Gasteiger partial charge is 0.491 e. The molecule has 0 aliphatic heterocycles. The number of aryl methyl sites for hydroxylation is 1. The minimum Gasteiger partial charge on any atom is -0.491 e. The maximum Gasteiger partial charge on any atom is 0.142 e. The molecule has 0 saturated carbocycles. The molecule has 2 nitrogen and oxygen atoms in total. The van der Waals surface area contributed by atoms with Crippen LogP contribution in [0.4, 0.5) is 5.69 Å². The van der Waals surface area contributed by atoms with Gasteiger partial charge < -0.3 is 10.5 Å². The molecule has 0 unspecified atom stereocenters. The quantitative estimate of drug-likeness (QED) is 0.782. The maximum atomic E-state index is 6.05. The Bertz CT molecular complexity index is 337. The van der Waals surface area contributed by atoms with Gasteiger partial charge in [-0.15, -0.1) is 0 Å². The molecule has 0 atom stereocenters. The number of anilines is 1. The predicted octanol–water partition coefficient (Wildman–Crippen LogP) is 3.33. The highest BCUT2D eigenvalue weighted by atomic mass is 35.5. The zero-order chi connectivity index (χ0) is 10.7. The first-order valence-corrected chi connectivity index (χ1v) is 5.13. The number of nitrogen functional groups attached to an aromatic ring is 1. The topological polar surface area (TPSA) is 35.2 Å². The molecule has 0 saturated heterocycles. The predicted molar refractivity (Wildman–Crippen MR) is 61.1 cm³/mol. The molecule has 2 N–H and O–H groups in total. The molecular weight excluding hydrogens is 198 g/mol. The van der Waals surface area contributed by atoms with Crippen LogP contribution in [0, 0.1) is 13.8 Å². The molecule has 78 valence electrons. The number of halogens is 1. The first kappa shape index (κ1) is 11.2. The number of hydrogen-bond acceptors (Lipinski definition) is 2. The molecule has 0 aliphatic carbocycles. The Balaban J connectivity index is 3.06. The normalized spacial score (nSPS) is 10.3. The Morgan fingerprint density at radius 2 is 2.07 bits per heavy atom. The molecule has 0 heterocycles. The van der Waals surface area contributed by atoms with Gasteiger partial charge in [-0.2, -0.15) is 0 Å². The highest BCUT2D eigenvalue weighted by Gasteiger charge is 2.09. The molecule has 14 heavy (non-hydrogen) atoms. The second-order valence-electron chi connectivity index (χ2n) is 3.39. The van der Waals surface area contributed by atoms with Gasteiger partial charge in [-0.1, -0.05) is 18.5 Å². The summed E-state index contributed by atoms with van der Waals surface area (Å²) in [4.78, 5) is 0. The lowest BCUT2D eigenvalue weighted by Crippen LogP contribution is -2.01. The molecule has 0 radical (unpaired) electrons. The summed E-state index contributed by atoms with van der Waals surface area (Å²) in [6.45, 7) is 6.60. The van der Waals surface area contributed by atoms with Gasteiger partial charge in [0.15, 0.2) is 0 Å². The summed E-state index contributed by atoms with van der Waals surface area (Å²) in [7, 11) is 0. The van der Waals surface area contributed by atoms with E-state index in [0.717, 1.165) is 28.3 Å². The van der Waals surface area contributed by atoms with Crippen molar-refractivity contribution in [3.05, 3.63) is 22.2 Å². The molecule has 3 heteroatoms. The van der Waals surface area contributed by atoms with Gasteiger partial charge in [-0.25, -0.2) is 0 Å². The van der Waals surface area contributed by atoms with Crippen LogP contribution in [0.25, 0.3) is 0 Å². The molecule has 0 aliphatic rings. The molecule has 0 fully saturated rings. The smallest absolute Gasteiger partial charge is 0.142 e. The van der Waals surface area contributed by atoms with E-state index in [-0.39, 0.29) is 0 Å². The fraction of sp³-hybridized carbons (Fsp3) is 0.455. The van der Waals surface area contributed by atoms with Crippen LogP contribution in [0.3, 0.4) is 0 Å². The Labute approximate surface area is 90.0 Å². The Hall–Kier alpha value is -0.890. The van der Waals surface area contributed by atoms with E-state index in [9.17, 15) is 0 Å². The second kappa shape index (κ2) is 4.56. The van der Waals surface area contributed by atoms with Crippen LogP contribution in [-0.2, 0) is 0 Å². The van der Waals surface area contributed by atoms with Crippen molar-refractivity contribution >= 4 is 17.3 Å². The SMILES string of the molecule is CCCOc1cc(C)c(Cl)c(C)c1N. The molecular formula is C11H16ClNO. The van der Waals surface area contributed by atoms with Crippen LogP contribution in [0.2, 0.25) is 5.02 Å². The van der Waals surface area contributed by atoms with E-state index in [1.807, 2.05) is 19.9 Å². The summed E-state index contributed by atoms with van der Waals surface area (Å²) in [6.07, 6.45) is 0.972. The van der Waals surface area contributed by atoms with Crippen molar-refractivity contribution in [2.24, 2.45) is 0 Å². The van der Waals surface area contributed by atoms with E-state index < -0.39 is 0 Å². The van der Waals surface area contributed by atoms with E-state index in [1.165, 1.54) is 0 Å². The van der Waals surface area contributed by atoms with Crippen LogP contribution in [0.15, 0.2) is 6.07 Å². The van der Waals surface area contributed by atoms with E-state index in [2.05, 4.69) is 6.92 Å². The Kier molecular flexibility index (Phi) is 3.64. The lowest BCUT2D eigenvalue weighted by molar-refractivity contribution is 0.319. The van der Waals surface area contributed by atoms with Gasteiger partial charge in [0, 0.05) is 5.02 Å². The number of hydrogen-bond donors (Lipinski definition) is 1. The van der Waals surface area contributed by atoms with Crippen molar-refractivity contribution < 1.29 is 4.74 Å². The van der Waals surface area contributed by atoms with Gasteiger partial charge in [-0.3, -0.25) is 0 Å². The third-order valence-electron chi connectivity index (χ3n) is 2.15. The zero-order valence-corrected chi connectivity index (χ0v) is 9.61. The summed E-state index contributed by atoms with van der Waals surface area (Å²) in [5.74, 6) is 0.742. The third kappa shape index (κ3) is 2.13. The van der Waals surface area contributed by atoms with Gasteiger partial charge in [0.05, 0.1) is 12.3 Å². The average Bonchev–Trinajstić information content (AvgIpc) is 2.18. The van der Waals surface area contributed by atoms with Crippen LogP contribution < -0.4 is 10.5 Å². The summed E-state index contributed by atoms with van der Waals surface area (Å²) >= 11 is 6.05. The van der Waals surface area contributed by atoms with E-state index in [0.29, 0.717) is 12.3 Å². The highest BCUT2D eigenvalue weighted by Crippen LogP contribution is 2.33. The number of nitrogens with two attached hydrogens (primary N) is 1. The van der Waals surface area contributed by atoms with Gasteiger partial charge in [0.1, 0.15) is 5.75 Å². The van der Waals surface area contributed by atoms with Crippen molar-refractivity contribution in [2.75, 3.05) is 12.3 Å². The lowest BCUT2D eigenvalue weighted by Gasteiger charge is -2.13. The Morgan fingerprint density at radius 3 is 2.64 bits per heavy atom. The van der Waals surface area contributed by atoms with Gasteiger partial charge >= 0.3 is 0 Å². The van der Waals surface area contributed by atoms with E-state index in [1.54, 1.807) is 0 Å². The summed E-state index contributed by atoms with van der Waals surface area (Å²) < 4.78 is 5.52. The van der Waals surface area contributed by atoms with Gasteiger partial charge in [0.2, 0.25) is 0 Å². The summed E-state index contributed by atoms with van der Waals surface area (Å²) in [5, 5.41) is 0.728. The first-order chi connectivity index (χ1) is 6.57. The van der Waals surface area contributed by atoms with E-state index in [4.69, 9.17) is 22.1 Å². The monoisotopic (exact) mass is 213 g/mol. The van der Waals surface area contributed by atoms with Gasteiger partial charge in [-0.05, 0) is 37.5 Å². The standard InChI is InChI=1S/C11H16ClNO/c1-4-5-14-9-6-7(2)10(12)8(3)11(9)13/h6H,4-5,13H2,1-3H3. The minimum absolute atomic E-state index is 0.647. The fourth-order valence-electron chi connectivity index (χ4n) is 1.27. The van der Waals surface area contributed by atoms with Crippen molar-refractivity contribution in [2.45, 2.75) is 27.2 Å².